The molecular formula is C8H7F4N. The summed E-state index contributed by atoms with van der Waals surface area (Å²) >= 11 is 0. The Balaban J connectivity index is 3.35. The number of hydrogen-bond acceptors (Lipinski definition) is 1. The van der Waals surface area contributed by atoms with Gasteiger partial charge in [0, 0.05) is 11.3 Å². The second-order valence-corrected chi connectivity index (χ2v) is 2.63. The normalized spacial score (nSPS) is 11.8. The number of benzene rings is 1. The Kier molecular flexibility index (Phi) is 2.19. The third-order valence-corrected chi connectivity index (χ3v) is 1.75. The molecule has 13 heavy (non-hydrogen) atoms. The molecule has 0 radical (unpaired) electrons. The smallest absolute Gasteiger partial charge is 0.398 e. The van der Waals surface area contributed by atoms with Crippen molar-refractivity contribution in [1.82, 2.24) is 0 Å². The minimum atomic E-state index is -4.53. The van der Waals surface area contributed by atoms with Gasteiger partial charge in [0.25, 0.3) is 0 Å². The van der Waals surface area contributed by atoms with Gasteiger partial charge in [0.15, 0.2) is 0 Å². The zero-order chi connectivity index (χ0) is 10.2. The maximum atomic E-state index is 12.7. The lowest BCUT2D eigenvalue weighted by Crippen LogP contribution is -2.10. The van der Waals surface area contributed by atoms with Crippen LogP contribution in [0.4, 0.5) is 23.2 Å². The van der Waals surface area contributed by atoms with Crippen LogP contribution in [0.3, 0.4) is 0 Å². The Hall–Kier alpha value is -1.26. The molecule has 0 aliphatic rings. The molecule has 2 N–H and O–H groups in total. The fourth-order valence-corrected chi connectivity index (χ4v) is 0.949. The highest BCUT2D eigenvalue weighted by Gasteiger charge is 2.33. The van der Waals surface area contributed by atoms with Crippen LogP contribution in [0, 0.1) is 12.7 Å². The van der Waals surface area contributed by atoms with Crippen molar-refractivity contribution < 1.29 is 17.6 Å². The summed E-state index contributed by atoms with van der Waals surface area (Å²) < 4.78 is 49.2. The second kappa shape index (κ2) is 2.90. The van der Waals surface area contributed by atoms with Crippen LogP contribution in [-0.2, 0) is 6.18 Å². The summed E-state index contributed by atoms with van der Waals surface area (Å²) in [5, 5.41) is 0. The van der Waals surface area contributed by atoms with Gasteiger partial charge < -0.3 is 5.73 Å². The SMILES string of the molecule is Cc1c(F)ccc(C(F)(F)F)c1N. The van der Waals surface area contributed by atoms with Crippen molar-refractivity contribution in [1.29, 1.82) is 0 Å². The summed E-state index contributed by atoms with van der Waals surface area (Å²) in [5.41, 5.74) is 3.40. The van der Waals surface area contributed by atoms with E-state index in [1.54, 1.807) is 0 Å². The highest BCUT2D eigenvalue weighted by Crippen LogP contribution is 2.35. The monoisotopic (exact) mass is 193 g/mol. The van der Waals surface area contributed by atoms with Gasteiger partial charge in [-0.2, -0.15) is 13.2 Å². The van der Waals surface area contributed by atoms with E-state index in [0.29, 0.717) is 6.07 Å². The number of nitrogens with two attached hydrogens (primary N) is 1. The van der Waals surface area contributed by atoms with E-state index in [1.165, 1.54) is 6.92 Å². The summed E-state index contributed by atoms with van der Waals surface area (Å²) in [6.07, 6.45) is -4.53. The maximum Gasteiger partial charge on any atom is 0.418 e. The molecule has 0 aliphatic heterocycles. The first kappa shape index (κ1) is 9.83. The third kappa shape index (κ3) is 1.74. The fraction of sp³-hybridized carbons (Fsp3) is 0.250. The maximum absolute atomic E-state index is 12.7. The van der Waals surface area contributed by atoms with Crippen molar-refractivity contribution in [3.05, 3.63) is 29.1 Å². The molecule has 1 aromatic carbocycles. The van der Waals surface area contributed by atoms with E-state index in [-0.39, 0.29) is 5.56 Å². The van der Waals surface area contributed by atoms with Gasteiger partial charge in [0.2, 0.25) is 0 Å². The van der Waals surface area contributed by atoms with E-state index in [0.717, 1.165) is 6.07 Å². The number of nitrogen functional groups attached to an aromatic ring is 1. The van der Waals surface area contributed by atoms with Crippen LogP contribution in [0.2, 0.25) is 0 Å². The Labute approximate surface area is 72.2 Å². The quantitative estimate of drug-likeness (QED) is 0.497. The first-order valence-electron chi connectivity index (χ1n) is 3.46. The zero-order valence-corrected chi connectivity index (χ0v) is 6.74. The number of rotatable bonds is 0. The molecule has 0 atom stereocenters. The first-order valence-corrected chi connectivity index (χ1v) is 3.46. The summed E-state index contributed by atoms with van der Waals surface area (Å²) in [7, 11) is 0. The average Bonchev–Trinajstić information content (AvgIpc) is 1.98. The van der Waals surface area contributed by atoms with E-state index in [2.05, 4.69) is 0 Å². The summed E-state index contributed by atoms with van der Waals surface area (Å²) in [6, 6.07) is 1.40. The summed E-state index contributed by atoms with van der Waals surface area (Å²) in [5.74, 6) is -0.731. The highest BCUT2D eigenvalue weighted by atomic mass is 19.4. The molecule has 1 nitrogen and oxygen atoms in total. The third-order valence-electron chi connectivity index (χ3n) is 1.75. The number of hydrogen-bond donors (Lipinski definition) is 1. The lowest BCUT2D eigenvalue weighted by atomic mass is 10.1. The molecule has 72 valence electrons. The van der Waals surface area contributed by atoms with Crippen molar-refractivity contribution in [3.8, 4) is 0 Å². The van der Waals surface area contributed by atoms with Crippen LogP contribution in [0.15, 0.2) is 12.1 Å². The molecule has 0 saturated carbocycles. The number of alkyl halides is 3. The summed E-state index contributed by atoms with van der Waals surface area (Å²) in [4.78, 5) is 0. The Morgan fingerprint density at radius 1 is 1.23 bits per heavy atom. The van der Waals surface area contributed by atoms with Crippen LogP contribution in [-0.4, -0.2) is 0 Å². The molecule has 0 aliphatic carbocycles. The minimum Gasteiger partial charge on any atom is -0.398 e. The predicted octanol–water partition coefficient (Wildman–Crippen LogP) is 2.74. The standard InChI is InChI=1S/C8H7F4N/c1-4-6(9)3-2-5(7(4)13)8(10,11)12/h2-3H,13H2,1H3. The van der Waals surface area contributed by atoms with Crippen molar-refractivity contribution in [2.45, 2.75) is 13.1 Å². The molecule has 0 fully saturated rings. The van der Waals surface area contributed by atoms with Gasteiger partial charge in [-0.25, -0.2) is 4.39 Å². The topological polar surface area (TPSA) is 26.0 Å². The van der Waals surface area contributed by atoms with E-state index in [9.17, 15) is 17.6 Å². The van der Waals surface area contributed by atoms with Gasteiger partial charge in [-0.15, -0.1) is 0 Å². The molecule has 0 aromatic heterocycles. The second-order valence-electron chi connectivity index (χ2n) is 2.63. The molecule has 0 bridgehead atoms. The lowest BCUT2D eigenvalue weighted by molar-refractivity contribution is -0.137. The predicted molar refractivity (Wildman–Crippen MR) is 40.6 cm³/mol. The van der Waals surface area contributed by atoms with Gasteiger partial charge in [0.1, 0.15) is 5.82 Å². The van der Waals surface area contributed by atoms with Gasteiger partial charge in [0.05, 0.1) is 5.56 Å². The Bertz CT molecular complexity index is 330. The van der Waals surface area contributed by atoms with E-state index < -0.39 is 23.2 Å². The van der Waals surface area contributed by atoms with E-state index >= 15 is 0 Å². The zero-order valence-electron chi connectivity index (χ0n) is 6.74. The van der Waals surface area contributed by atoms with Gasteiger partial charge in [-0.05, 0) is 19.1 Å². The van der Waals surface area contributed by atoms with Gasteiger partial charge >= 0.3 is 6.18 Å². The van der Waals surface area contributed by atoms with Crippen LogP contribution in [0.5, 0.6) is 0 Å². The van der Waals surface area contributed by atoms with E-state index in [1.807, 2.05) is 0 Å². The highest BCUT2D eigenvalue weighted by molar-refractivity contribution is 5.54. The Morgan fingerprint density at radius 3 is 2.23 bits per heavy atom. The van der Waals surface area contributed by atoms with Crippen LogP contribution in [0.25, 0.3) is 0 Å². The molecular weight excluding hydrogens is 186 g/mol. The molecule has 5 heteroatoms. The minimum absolute atomic E-state index is 0.171. The van der Waals surface area contributed by atoms with Gasteiger partial charge in [-0.1, -0.05) is 0 Å². The number of halogens is 4. The van der Waals surface area contributed by atoms with Crippen molar-refractivity contribution >= 4 is 5.69 Å². The van der Waals surface area contributed by atoms with Gasteiger partial charge in [-0.3, -0.25) is 0 Å². The molecule has 0 amide bonds. The fourth-order valence-electron chi connectivity index (χ4n) is 0.949. The largest absolute Gasteiger partial charge is 0.418 e. The van der Waals surface area contributed by atoms with Crippen molar-refractivity contribution in [3.63, 3.8) is 0 Å². The number of anilines is 1. The first-order chi connectivity index (χ1) is 5.84. The molecule has 0 saturated heterocycles. The van der Waals surface area contributed by atoms with Crippen LogP contribution in [0.1, 0.15) is 11.1 Å². The molecule has 0 unspecified atom stereocenters. The Morgan fingerprint density at radius 2 is 1.77 bits per heavy atom. The molecule has 1 aromatic rings. The van der Waals surface area contributed by atoms with Crippen LogP contribution >= 0.6 is 0 Å². The van der Waals surface area contributed by atoms with E-state index in [4.69, 9.17) is 5.73 Å². The molecule has 0 heterocycles. The average molecular weight is 193 g/mol. The van der Waals surface area contributed by atoms with Crippen molar-refractivity contribution in [2.75, 3.05) is 5.73 Å². The molecule has 1 rings (SSSR count). The molecule has 0 spiro atoms. The van der Waals surface area contributed by atoms with Crippen LogP contribution < -0.4 is 5.73 Å². The lowest BCUT2D eigenvalue weighted by Gasteiger charge is -2.11. The summed E-state index contributed by atoms with van der Waals surface area (Å²) in [6.45, 7) is 1.21. The van der Waals surface area contributed by atoms with Crippen molar-refractivity contribution in [2.24, 2.45) is 0 Å².